The van der Waals surface area contributed by atoms with Crippen LogP contribution >= 0.6 is 0 Å². The molecule has 0 radical (unpaired) electrons. The Balaban J connectivity index is 2.90. The fraction of sp³-hybridized carbons (Fsp3) is 0.583. The van der Waals surface area contributed by atoms with E-state index in [-0.39, 0.29) is 5.41 Å². The number of anilines is 1. The molecule has 1 aromatic heterocycles. The van der Waals surface area contributed by atoms with E-state index in [0.717, 1.165) is 11.5 Å². The Hall–Kier alpha value is -1.05. The molecular formula is C12H20N2. The molecule has 0 amide bonds. The maximum atomic E-state index is 4.57. The van der Waals surface area contributed by atoms with E-state index in [0.29, 0.717) is 6.04 Å². The second-order valence-electron chi connectivity index (χ2n) is 4.96. The van der Waals surface area contributed by atoms with E-state index in [4.69, 9.17) is 0 Å². The van der Waals surface area contributed by atoms with Crippen LogP contribution in [0.2, 0.25) is 0 Å². The normalized spacial score (nSPS) is 11.9. The molecule has 0 unspecified atom stereocenters. The highest BCUT2D eigenvalue weighted by molar-refractivity contribution is 5.37. The Morgan fingerprint density at radius 3 is 2.36 bits per heavy atom. The summed E-state index contributed by atoms with van der Waals surface area (Å²) in [6.45, 7) is 10.8. The summed E-state index contributed by atoms with van der Waals surface area (Å²) < 4.78 is 0. The molecule has 0 aromatic carbocycles. The van der Waals surface area contributed by atoms with Gasteiger partial charge in [0.25, 0.3) is 0 Å². The number of aromatic nitrogens is 1. The fourth-order valence-corrected chi connectivity index (χ4v) is 1.23. The van der Waals surface area contributed by atoms with Gasteiger partial charge in [-0.2, -0.15) is 0 Å². The predicted molar refractivity (Wildman–Crippen MR) is 61.7 cm³/mol. The zero-order valence-electron chi connectivity index (χ0n) is 9.76. The van der Waals surface area contributed by atoms with Gasteiger partial charge in [-0.1, -0.05) is 26.8 Å². The summed E-state index contributed by atoms with van der Waals surface area (Å²) in [6.07, 6.45) is 0. The van der Waals surface area contributed by atoms with Crippen molar-refractivity contribution in [2.75, 3.05) is 5.32 Å². The van der Waals surface area contributed by atoms with E-state index in [1.807, 2.05) is 6.07 Å². The average molecular weight is 192 g/mol. The van der Waals surface area contributed by atoms with Crippen LogP contribution in [0.1, 0.15) is 40.3 Å². The number of hydrogen-bond acceptors (Lipinski definition) is 2. The first-order valence-electron chi connectivity index (χ1n) is 5.13. The van der Waals surface area contributed by atoms with Crippen LogP contribution in [0.5, 0.6) is 0 Å². The molecule has 14 heavy (non-hydrogen) atoms. The highest BCUT2D eigenvalue weighted by Gasteiger charge is 2.15. The zero-order valence-corrected chi connectivity index (χ0v) is 9.76. The summed E-state index contributed by atoms with van der Waals surface area (Å²) in [7, 11) is 0. The second-order valence-corrected chi connectivity index (χ2v) is 4.96. The lowest BCUT2D eigenvalue weighted by molar-refractivity contribution is 0.569. The molecule has 78 valence electrons. The van der Waals surface area contributed by atoms with Crippen LogP contribution in [-0.4, -0.2) is 11.0 Å². The first-order chi connectivity index (χ1) is 6.39. The number of pyridine rings is 1. The summed E-state index contributed by atoms with van der Waals surface area (Å²) in [5.74, 6) is 0.965. The second kappa shape index (κ2) is 3.99. The maximum Gasteiger partial charge on any atom is 0.126 e. The smallest absolute Gasteiger partial charge is 0.126 e. The highest BCUT2D eigenvalue weighted by Crippen LogP contribution is 2.21. The molecule has 2 nitrogen and oxygen atoms in total. The SMILES string of the molecule is CC(C)Nc1cccc(C(C)(C)C)n1. The molecule has 0 saturated carbocycles. The largest absolute Gasteiger partial charge is 0.368 e. The van der Waals surface area contributed by atoms with Crippen LogP contribution < -0.4 is 5.32 Å². The number of nitrogens with zero attached hydrogens (tertiary/aromatic N) is 1. The van der Waals surface area contributed by atoms with E-state index >= 15 is 0 Å². The van der Waals surface area contributed by atoms with Crippen molar-refractivity contribution in [3.8, 4) is 0 Å². The predicted octanol–water partition coefficient (Wildman–Crippen LogP) is 3.20. The summed E-state index contributed by atoms with van der Waals surface area (Å²) >= 11 is 0. The van der Waals surface area contributed by atoms with Gasteiger partial charge in [0.15, 0.2) is 0 Å². The first kappa shape index (κ1) is 11.0. The average Bonchev–Trinajstić information content (AvgIpc) is 2.01. The summed E-state index contributed by atoms with van der Waals surface area (Å²) in [4.78, 5) is 4.57. The van der Waals surface area contributed by atoms with Crippen LogP contribution in [0.3, 0.4) is 0 Å². The van der Waals surface area contributed by atoms with Crippen molar-refractivity contribution in [3.05, 3.63) is 23.9 Å². The minimum absolute atomic E-state index is 0.120. The summed E-state index contributed by atoms with van der Waals surface area (Å²) in [6, 6.07) is 6.57. The molecule has 1 N–H and O–H groups in total. The third-order valence-corrected chi connectivity index (χ3v) is 1.95. The topological polar surface area (TPSA) is 24.9 Å². The van der Waals surface area contributed by atoms with Gasteiger partial charge < -0.3 is 5.32 Å². The fourth-order valence-electron chi connectivity index (χ4n) is 1.23. The minimum Gasteiger partial charge on any atom is -0.368 e. The van der Waals surface area contributed by atoms with E-state index in [9.17, 15) is 0 Å². The number of nitrogens with one attached hydrogen (secondary N) is 1. The van der Waals surface area contributed by atoms with Gasteiger partial charge in [0.05, 0.1) is 0 Å². The summed E-state index contributed by atoms with van der Waals surface area (Å²) in [5, 5.41) is 3.31. The standard InChI is InChI=1S/C12H20N2/c1-9(2)13-11-8-6-7-10(14-11)12(3,4)5/h6-9H,1-5H3,(H,13,14). The highest BCUT2D eigenvalue weighted by atomic mass is 15.0. The number of hydrogen-bond donors (Lipinski definition) is 1. The summed E-state index contributed by atoms with van der Waals surface area (Å²) in [5.41, 5.74) is 1.25. The van der Waals surface area contributed by atoms with Gasteiger partial charge in [0.2, 0.25) is 0 Å². The van der Waals surface area contributed by atoms with Crippen LogP contribution in [0.15, 0.2) is 18.2 Å². The van der Waals surface area contributed by atoms with E-state index in [1.165, 1.54) is 0 Å². The molecule has 2 heteroatoms. The molecule has 0 spiro atoms. The number of rotatable bonds is 2. The van der Waals surface area contributed by atoms with E-state index in [2.05, 4.69) is 57.1 Å². The van der Waals surface area contributed by atoms with Crippen LogP contribution in [-0.2, 0) is 5.41 Å². The van der Waals surface area contributed by atoms with Gasteiger partial charge in [0.1, 0.15) is 5.82 Å². The maximum absolute atomic E-state index is 4.57. The lowest BCUT2D eigenvalue weighted by Crippen LogP contribution is -2.16. The molecule has 0 atom stereocenters. The van der Waals surface area contributed by atoms with E-state index in [1.54, 1.807) is 0 Å². The third kappa shape index (κ3) is 3.02. The van der Waals surface area contributed by atoms with Gasteiger partial charge in [0, 0.05) is 17.2 Å². The Morgan fingerprint density at radius 1 is 1.21 bits per heavy atom. The lowest BCUT2D eigenvalue weighted by atomic mass is 9.92. The van der Waals surface area contributed by atoms with Gasteiger partial charge in [-0.25, -0.2) is 4.98 Å². The van der Waals surface area contributed by atoms with Crippen molar-refractivity contribution in [2.24, 2.45) is 0 Å². The minimum atomic E-state index is 0.120. The third-order valence-electron chi connectivity index (χ3n) is 1.95. The van der Waals surface area contributed by atoms with Crippen LogP contribution in [0.4, 0.5) is 5.82 Å². The first-order valence-corrected chi connectivity index (χ1v) is 5.13. The van der Waals surface area contributed by atoms with Crippen molar-refractivity contribution in [3.63, 3.8) is 0 Å². The monoisotopic (exact) mass is 192 g/mol. The van der Waals surface area contributed by atoms with Crippen molar-refractivity contribution >= 4 is 5.82 Å². The molecule has 0 aliphatic carbocycles. The Labute approximate surface area is 86.8 Å². The molecule has 1 heterocycles. The molecule has 0 fully saturated rings. The zero-order chi connectivity index (χ0) is 10.8. The van der Waals surface area contributed by atoms with Crippen molar-refractivity contribution in [1.82, 2.24) is 4.98 Å². The van der Waals surface area contributed by atoms with Gasteiger partial charge in [-0.3, -0.25) is 0 Å². The van der Waals surface area contributed by atoms with Gasteiger partial charge >= 0.3 is 0 Å². The molecule has 0 bridgehead atoms. The lowest BCUT2D eigenvalue weighted by Gasteiger charge is -2.19. The Bertz CT molecular complexity index is 297. The molecule has 0 saturated heterocycles. The Morgan fingerprint density at radius 2 is 1.86 bits per heavy atom. The molecular weight excluding hydrogens is 172 g/mol. The van der Waals surface area contributed by atoms with Gasteiger partial charge in [-0.15, -0.1) is 0 Å². The molecule has 0 aliphatic heterocycles. The molecule has 1 aromatic rings. The molecule has 0 aliphatic rings. The Kier molecular flexibility index (Phi) is 3.14. The van der Waals surface area contributed by atoms with Crippen molar-refractivity contribution in [2.45, 2.75) is 46.1 Å². The van der Waals surface area contributed by atoms with Gasteiger partial charge in [-0.05, 0) is 26.0 Å². The van der Waals surface area contributed by atoms with E-state index < -0.39 is 0 Å². The van der Waals surface area contributed by atoms with Crippen molar-refractivity contribution in [1.29, 1.82) is 0 Å². The van der Waals surface area contributed by atoms with Crippen LogP contribution in [0.25, 0.3) is 0 Å². The van der Waals surface area contributed by atoms with Crippen molar-refractivity contribution < 1.29 is 0 Å². The van der Waals surface area contributed by atoms with Crippen LogP contribution in [0, 0.1) is 0 Å². The quantitative estimate of drug-likeness (QED) is 0.778. The molecule has 1 rings (SSSR count).